The van der Waals surface area contributed by atoms with Crippen molar-refractivity contribution < 1.29 is 4.79 Å². The van der Waals surface area contributed by atoms with E-state index in [0.717, 1.165) is 30.5 Å². The Morgan fingerprint density at radius 3 is 2.76 bits per heavy atom. The quantitative estimate of drug-likeness (QED) is 0.850. The summed E-state index contributed by atoms with van der Waals surface area (Å²) in [5.74, 6) is 1.57. The van der Waals surface area contributed by atoms with Gasteiger partial charge in [0.1, 0.15) is 0 Å². The Bertz CT molecular complexity index is 557. The molecule has 3 nitrogen and oxygen atoms in total. The standard InChI is InChI=1S/C18H24N2O/c1-13(2)16-6-7-18(21)20(9-8-16)12-17-5-4-15(11-19)10-14(17)3/h4-5,10,13,16H,6-9,12H2,1-3H3. The molecule has 2 rings (SSSR count). The first-order chi connectivity index (χ1) is 10.0. The molecule has 0 bridgehead atoms. The molecule has 112 valence electrons. The van der Waals surface area contributed by atoms with Crippen molar-refractivity contribution in [2.45, 2.75) is 46.6 Å². The second-order valence-corrected chi connectivity index (χ2v) is 6.40. The van der Waals surface area contributed by atoms with E-state index in [0.29, 0.717) is 30.4 Å². The maximum absolute atomic E-state index is 12.3. The summed E-state index contributed by atoms with van der Waals surface area (Å²) in [6.45, 7) is 8.02. The van der Waals surface area contributed by atoms with E-state index in [-0.39, 0.29) is 5.91 Å². The van der Waals surface area contributed by atoms with Crippen LogP contribution >= 0.6 is 0 Å². The minimum Gasteiger partial charge on any atom is -0.338 e. The summed E-state index contributed by atoms with van der Waals surface area (Å²) < 4.78 is 0. The van der Waals surface area contributed by atoms with E-state index in [1.165, 1.54) is 0 Å². The SMILES string of the molecule is Cc1cc(C#N)ccc1CN1CCC(C(C)C)CCC1=O. The third kappa shape index (κ3) is 3.85. The number of rotatable bonds is 3. The molecule has 1 aromatic carbocycles. The number of carbonyl (C=O) groups is 1. The van der Waals surface area contributed by atoms with Crippen LogP contribution in [0.25, 0.3) is 0 Å². The Kier molecular flexibility index (Phi) is 5.01. The molecule has 0 aromatic heterocycles. The van der Waals surface area contributed by atoms with E-state index in [1.54, 1.807) is 0 Å². The first kappa shape index (κ1) is 15.6. The largest absolute Gasteiger partial charge is 0.338 e. The highest BCUT2D eigenvalue weighted by Gasteiger charge is 2.24. The molecule has 0 radical (unpaired) electrons. The Hall–Kier alpha value is -1.82. The fourth-order valence-corrected chi connectivity index (χ4v) is 3.04. The number of carbonyl (C=O) groups excluding carboxylic acids is 1. The van der Waals surface area contributed by atoms with Crippen molar-refractivity contribution in [3.63, 3.8) is 0 Å². The van der Waals surface area contributed by atoms with Gasteiger partial charge in [0.25, 0.3) is 0 Å². The first-order valence-corrected chi connectivity index (χ1v) is 7.78. The topological polar surface area (TPSA) is 44.1 Å². The summed E-state index contributed by atoms with van der Waals surface area (Å²) in [5.41, 5.74) is 2.91. The van der Waals surface area contributed by atoms with Crippen molar-refractivity contribution in [2.24, 2.45) is 11.8 Å². The fraction of sp³-hybridized carbons (Fsp3) is 0.556. The predicted octanol–water partition coefficient (Wildman–Crippen LogP) is 3.65. The Labute approximate surface area is 127 Å². The average Bonchev–Trinajstić information content (AvgIpc) is 2.64. The summed E-state index contributed by atoms with van der Waals surface area (Å²) >= 11 is 0. The number of benzene rings is 1. The molecular weight excluding hydrogens is 260 g/mol. The number of likely N-dealkylation sites (tertiary alicyclic amines) is 1. The number of nitriles is 1. The zero-order valence-electron chi connectivity index (χ0n) is 13.2. The molecule has 1 amide bonds. The zero-order valence-corrected chi connectivity index (χ0v) is 13.2. The van der Waals surface area contributed by atoms with E-state index in [2.05, 4.69) is 19.9 Å². The van der Waals surface area contributed by atoms with Crippen molar-refractivity contribution in [1.82, 2.24) is 4.90 Å². The maximum Gasteiger partial charge on any atom is 0.222 e. The molecule has 0 spiro atoms. The van der Waals surface area contributed by atoms with Crippen LogP contribution in [0, 0.1) is 30.1 Å². The molecule has 3 heteroatoms. The molecule has 1 unspecified atom stereocenters. The lowest BCUT2D eigenvalue weighted by Gasteiger charge is -2.22. The van der Waals surface area contributed by atoms with Gasteiger partial charge in [0.15, 0.2) is 0 Å². The van der Waals surface area contributed by atoms with Crippen LogP contribution in [0.2, 0.25) is 0 Å². The highest BCUT2D eigenvalue weighted by atomic mass is 16.2. The van der Waals surface area contributed by atoms with Gasteiger partial charge in [-0.05, 0) is 54.9 Å². The third-order valence-electron chi connectivity index (χ3n) is 4.63. The zero-order chi connectivity index (χ0) is 15.4. The van der Waals surface area contributed by atoms with Crippen molar-refractivity contribution >= 4 is 5.91 Å². The molecule has 1 fully saturated rings. The molecule has 0 aliphatic carbocycles. The van der Waals surface area contributed by atoms with E-state index >= 15 is 0 Å². The number of nitrogens with zero attached hydrogens (tertiary/aromatic N) is 2. The summed E-state index contributed by atoms with van der Waals surface area (Å²) in [7, 11) is 0. The minimum absolute atomic E-state index is 0.266. The Balaban J connectivity index is 2.08. The smallest absolute Gasteiger partial charge is 0.222 e. The van der Waals surface area contributed by atoms with Crippen LogP contribution in [-0.4, -0.2) is 17.4 Å². The predicted molar refractivity (Wildman–Crippen MR) is 83.5 cm³/mol. The lowest BCUT2D eigenvalue weighted by atomic mass is 9.89. The van der Waals surface area contributed by atoms with Gasteiger partial charge in [-0.25, -0.2) is 0 Å². The molecule has 1 saturated heterocycles. The number of hydrogen-bond donors (Lipinski definition) is 0. The second-order valence-electron chi connectivity index (χ2n) is 6.40. The summed E-state index contributed by atoms with van der Waals surface area (Å²) in [6.07, 6.45) is 2.77. The molecule has 21 heavy (non-hydrogen) atoms. The van der Waals surface area contributed by atoms with E-state index in [1.807, 2.05) is 30.0 Å². The van der Waals surface area contributed by atoms with Crippen LogP contribution in [0.4, 0.5) is 0 Å². The molecule has 1 heterocycles. The van der Waals surface area contributed by atoms with Gasteiger partial charge < -0.3 is 4.90 Å². The van der Waals surface area contributed by atoms with Crippen molar-refractivity contribution in [3.8, 4) is 6.07 Å². The van der Waals surface area contributed by atoms with Gasteiger partial charge in [0.2, 0.25) is 5.91 Å². The Morgan fingerprint density at radius 2 is 2.14 bits per heavy atom. The lowest BCUT2D eigenvalue weighted by molar-refractivity contribution is -0.131. The van der Waals surface area contributed by atoms with Crippen molar-refractivity contribution in [1.29, 1.82) is 5.26 Å². The van der Waals surface area contributed by atoms with Crippen LogP contribution in [0.5, 0.6) is 0 Å². The summed E-state index contributed by atoms with van der Waals surface area (Å²) in [6, 6.07) is 7.87. The van der Waals surface area contributed by atoms with Gasteiger partial charge in [-0.3, -0.25) is 4.79 Å². The van der Waals surface area contributed by atoms with Gasteiger partial charge in [0, 0.05) is 19.5 Å². The van der Waals surface area contributed by atoms with Gasteiger partial charge in [-0.2, -0.15) is 5.26 Å². The molecule has 0 saturated carbocycles. The highest BCUT2D eigenvalue weighted by Crippen LogP contribution is 2.26. The molecular formula is C18H24N2O. The molecule has 1 aromatic rings. The van der Waals surface area contributed by atoms with Crippen LogP contribution in [-0.2, 0) is 11.3 Å². The molecule has 0 N–H and O–H groups in total. The van der Waals surface area contributed by atoms with Crippen molar-refractivity contribution in [2.75, 3.05) is 6.54 Å². The first-order valence-electron chi connectivity index (χ1n) is 7.78. The van der Waals surface area contributed by atoms with Crippen LogP contribution in [0.1, 0.15) is 49.8 Å². The van der Waals surface area contributed by atoms with Gasteiger partial charge in [0.05, 0.1) is 11.6 Å². The lowest BCUT2D eigenvalue weighted by Crippen LogP contribution is -2.30. The van der Waals surface area contributed by atoms with Crippen LogP contribution < -0.4 is 0 Å². The monoisotopic (exact) mass is 284 g/mol. The minimum atomic E-state index is 0.266. The molecule has 1 atom stereocenters. The fourth-order valence-electron chi connectivity index (χ4n) is 3.04. The van der Waals surface area contributed by atoms with Crippen LogP contribution in [0.3, 0.4) is 0 Å². The van der Waals surface area contributed by atoms with Crippen LogP contribution in [0.15, 0.2) is 18.2 Å². The summed E-state index contributed by atoms with van der Waals surface area (Å²) in [5, 5.41) is 8.92. The van der Waals surface area contributed by atoms with Gasteiger partial charge in [-0.1, -0.05) is 19.9 Å². The number of amides is 1. The van der Waals surface area contributed by atoms with Gasteiger partial charge in [-0.15, -0.1) is 0 Å². The average molecular weight is 284 g/mol. The normalized spacial score (nSPS) is 19.5. The van der Waals surface area contributed by atoms with Crippen molar-refractivity contribution in [3.05, 3.63) is 34.9 Å². The number of aryl methyl sites for hydroxylation is 1. The second kappa shape index (κ2) is 6.76. The Morgan fingerprint density at radius 1 is 1.38 bits per heavy atom. The van der Waals surface area contributed by atoms with E-state index in [4.69, 9.17) is 5.26 Å². The maximum atomic E-state index is 12.3. The van der Waals surface area contributed by atoms with E-state index in [9.17, 15) is 4.79 Å². The number of hydrogen-bond acceptors (Lipinski definition) is 2. The molecule has 1 aliphatic heterocycles. The van der Waals surface area contributed by atoms with E-state index < -0.39 is 0 Å². The molecule has 1 aliphatic rings. The highest BCUT2D eigenvalue weighted by molar-refractivity contribution is 5.76. The summed E-state index contributed by atoms with van der Waals surface area (Å²) in [4.78, 5) is 14.3. The van der Waals surface area contributed by atoms with Gasteiger partial charge >= 0.3 is 0 Å². The third-order valence-corrected chi connectivity index (χ3v) is 4.63.